The number of rotatable bonds is 3. The van der Waals surface area contributed by atoms with Gasteiger partial charge in [0.2, 0.25) is 0 Å². The summed E-state index contributed by atoms with van der Waals surface area (Å²) in [5, 5.41) is 0.710. The Balaban J connectivity index is 1.97. The number of carbonyl (C=O) groups is 2. The molecule has 29 heavy (non-hydrogen) atoms. The van der Waals surface area contributed by atoms with Gasteiger partial charge < -0.3 is 9.15 Å². The van der Waals surface area contributed by atoms with Crippen LogP contribution in [-0.4, -0.2) is 24.1 Å². The van der Waals surface area contributed by atoms with Crippen molar-refractivity contribution >= 4 is 40.0 Å². The standard InChI is InChI=1S/C22H20ClNO5/c1-3-28-22(27)18-11(2)24-15-5-4-6-16(25)20(15)19(18)14-10-29-17-8-7-12(23)9-13(17)21(14)26/h7-10,18-19H,3-6H2,1-2H3/t18?,19-/m0/s1. The minimum Gasteiger partial charge on any atom is -0.465 e. The van der Waals surface area contributed by atoms with Crippen LogP contribution in [0.15, 0.2) is 49.9 Å². The van der Waals surface area contributed by atoms with Gasteiger partial charge in [0.25, 0.3) is 0 Å². The van der Waals surface area contributed by atoms with Gasteiger partial charge in [-0.3, -0.25) is 19.4 Å². The van der Waals surface area contributed by atoms with E-state index in [1.165, 1.54) is 12.3 Å². The van der Waals surface area contributed by atoms with Gasteiger partial charge in [0.1, 0.15) is 11.5 Å². The van der Waals surface area contributed by atoms with Crippen molar-refractivity contribution < 1.29 is 18.7 Å². The van der Waals surface area contributed by atoms with Crippen LogP contribution in [-0.2, 0) is 14.3 Å². The SMILES string of the molecule is CCOC(=O)C1C(C)=NC2=C(C(=O)CCC2)[C@H]1c1coc2ccc(Cl)cc2c1=O. The molecule has 2 aliphatic rings. The van der Waals surface area contributed by atoms with Crippen LogP contribution in [0.25, 0.3) is 11.0 Å². The van der Waals surface area contributed by atoms with Crippen LogP contribution >= 0.6 is 11.6 Å². The van der Waals surface area contributed by atoms with Crippen LogP contribution in [0.2, 0.25) is 5.02 Å². The molecule has 7 heteroatoms. The molecule has 2 aromatic rings. The fourth-order valence-corrected chi connectivity index (χ4v) is 4.38. The second-order valence-corrected chi connectivity index (χ2v) is 7.69. The van der Waals surface area contributed by atoms with Crippen LogP contribution in [0.1, 0.15) is 44.6 Å². The van der Waals surface area contributed by atoms with Gasteiger partial charge in [-0.2, -0.15) is 0 Å². The molecule has 150 valence electrons. The number of carbonyl (C=O) groups excluding carboxylic acids is 2. The van der Waals surface area contributed by atoms with Gasteiger partial charge >= 0.3 is 5.97 Å². The fraction of sp³-hybridized carbons (Fsp3) is 0.364. The van der Waals surface area contributed by atoms with Crippen molar-refractivity contribution in [3.8, 4) is 0 Å². The largest absolute Gasteiger partial charge is 0.465 e. The summed E-state index contributed by atoms with van der Waals surface area (Å²) in [6.07, 6.45) is 3.05. The number of hydrogen-bond acceptors (Lipinski definition) is 6. The van der Waals surface area contributed by atoms with Crippen molar-refractivity contribution in [2.24, 2.45) is 10.9 Å². The van der Waals surface area contributed by atoms with Crippen molar-refractivity contribution in [2.45, 2.75) is 39.0 Å². The van der Waals surface area contributed by atoms with E-state index in [1.807, 2.05) is 0 Å². The van der Waals surface area contributed by atoms with E-state index >= 15 is 0 Å². The van der Waals surface area contributed by atoms with Crippen molar-refractivity contribution in [1.29, 1.82) is 0 Å². The summed E-state index contributed by atoms with van der Waals surface area (Å²) < 4.78 is 10.9. The summed E-state index contributed by atoms with van der Waals surface area (Å²) in [7, 11) is 0. The average molecular weight is 414 g/mol. The van der Waals surface area contributed by atoms with Crippen LogP contribution in [0, 0.1) is 5.92 Å². The summed E-state index contributed by atoms with van der Waals surface area (Å²) in [6.45, 7) is 3.64. The lowest BCUT2D eigenvalue weighted by atomic mass is 9.72. The molecule has 0 fully saturated rings. The van der Waals surface area contributed by atoms with Gasteiger partial charge in [-0.1, -0.05) is 11.6 Å². The summed E-state index contributed by atoms with van der Waals surface area (Å²) >= 11 is 6.07. The molecular formula is C22H20ClNO5. The minimum atomic E-state index is -0.852. The zero-order valence-corrected chi connectivity index (χ0v) is 16.9. The first-order valence-electron chi connectivity index (χ1n) is 9.61. The molecule has 0 saturated carbocycles. The normalized spacial score (nSPS) is 21.8. The van der Waals surface area contributed by atoms with Crippen LogP contribution < -0.4 is 5.43 Å². The number of esters is 1. The topological polar surface area (TPSA) is 85.9 Å². The molecule has 0 radical (unpaired) electrons. The molecule has 6 nitrogen and oxygen atoms in total. The number of ether oxygens (including phenoxy) is 1. The molecular weight excluding hydrogens is 394 g/mol. The maximum Gasteiger partial charge on any atom is 0.315 e. The second-order valence-electron chi connectivity index (χ2n) is 7.26. The molecule has 1 unspecified atom stereocenters. The Bertz CT molecular complexity index is 1140. The highest BCUT2D eigenvalue weighted by atomic mass is 35.5. The monoisotopic (exact) mass is 413 g/mol. The van der Waals surface area contributed by atoms with Crippen LogP contribution in [0.4, 0.5) is 0 Å². The maximum absolute atomic E-state index is 13.3. The molecule has 2 atom stereocenters. The molecule has 0 saturated heterocycles. The summed E-state index contributed by atoms with van der Waals surface area (Å²) in [4.78, 5) is 43.5. The summed E-state index contributed by atoms with van der Waals surface area (Å²) in [5.74, 6) is -2.23. The van der Waals surface area contributed by atoms with E-state index in [0.717, 1.165) is 0 Å². The first-order valence-corrected chi connectivity index (χ1v) is 9.99. The third-order valence-corrected chi connectivity index (χ3v) is 5.71. The van der Waals surface area contributed by atoms with E-state index in [1.54, 1.807) is 26.0 Å². The number of fused-ring (bicyclic) bond motifs is 1. The van der Waals surface area contributed by atoms with E-state index in [0.29, 0.717) is 52.2 Å². The Morgan fingerprint density at radius 2 is 2.10 bits per heavy atom. The fourth-order valence-electron chi connectivity index (χ4n) is 4.21. The zero-order chi connectivity index (χ0) is 20.7. The van der Waals surface area contributed by atoms with E-state index in [9.17, 15) is 14.4 Å². The van der Waals surface area contributed by atoms with E-state index in [-0.39, 0.29) is 23.4 Å². The third kappa shape index (κ3) is 3.31. The number of halogens is 1. The molecule has 1 aliphatic carbocycles. The van der Waals surface area contributed by atoms with Crippen molar-refractivity contribution in [3.05, 3.63) is 56.5 Å². The number of aliphatic imine (C=N–C) groups is 1. The molecule has 4 rings (SSSR count). The Kier molecular flexibility index (Phi) is 5.13. The van der Waals surface area contributed by atoms with Crippen molar-refractivity contribution in [3.63, 3.8) is 0 Å². The Morgan fingerprint density at radius 1 is 1.31 bits per heavy atom. The highest BCUT2D eigenvalue weighted by molar-refractivity contribution is 6.31. The lowest BCUT2D eigenvalue weighted by Crippen LogP contribution is -2.39. The van der Waals surface area contributed by atoms with E-state index in [2.05, 4.69) is 4.99 Å². The summed E-state index contributed by atoms with van der Waals surface area (Å²) in [5.41, 5.74) is 1.93. The highest BCUT2D eigenvalue weighted by Crippen LogP contribution is 2.43. The molecule has 0 spiro atoms. The Morgan fingerprint density at radius 3 is 2.86 bits per heavy atom. The quantitative estimate of drug-likeness (QED) is 0.704. The molecule has 0 N–H and O–H groups in total. The summed E-state index contributed by atoms with van der Waals surface area (Å²) in [6, 6.07) is 4.79. The number of allylic oxidation sites excluding steroid dienone is 2. The number of Topliss-reactive ketones (excluding diaryl/α,β-unsaturated/α-hetero) is 1. The maximum atomic E-state index is 13.3. The third-order valence-electron chi connectivity index (χ3n) is 5.47. The lowest BCUT2D eigenvalue weighted by molar-refractivity contribution is -0.146. The molecule has 0 amide bonds. The zero-order valence-electron chi connectivity index (χ0n) is 16.2. The highest BCUT2D eigenvalue weighted by Gasteiger charge is 2.44. The minimum absolute atomic E-state index is 0.0904. The average Bonchev–Trinajstić information content (AvgIpc) is 2.68. The van der Waals surface area contributed by atoms with Crippen LogP contribution in [0.5, 0.6) is 0 Å². The second kappa shape index (κ2) is 7.59. The smallest absolute Gasteiger partial charge is 0.315 e. The molecule has 1 aromatic heterocycles. The predicted octanol–water partition coefficient (Wildman–Crippen LogP) is 4.19. The van der Waals surface area contributed by atoms with Crippen LogP contribution in [0.3, 0.4) is 0 Å². The van der Waals surface area contributed by atoms with Gasteiger partial charge in [0.05, 0.1) is 18.3 Å². The van der Waals surface area contributed by atoms with Gasteiger partial charge in [-0.15, -0.1) is 0 Å². The van der Waals surface area contributed by atoms with Crippen molar-refractivity contribution in [2.75, 3.05) is 6.61 Å². The number of hydrogen-bond donors (Lipinski definition) is 0. The lowest BCUT2D eigenvalue weighted by Gasteiger charge is -2.33. The van der Waals surface area contributed by atoms with Gasteiger partial charge in [0.15, 0.2) is 11.2 Å². The Hall–Kier alpha value is -2.73. The van der Waals surface area contributed by atoms with Gasteiger partial charge in [-0.05, 0) is 44.9 Å². The Labute approximate surface area is 172 Å². The first-order chi connectivity index (χ1) is 13.9. The molecule has 0 bridgehead atoms. The van der Waals surface area contributed by atoms with Gasteiger partial charge in [0, 0.05) is 39.9 Å². The number of benzene rings is 1. The van der Waals surface area contributed by atoms with Gasteiger partial charge in [-0.25, -0.2) is 0 Å². The number of ketones is 1. The molecule has 1 aromatic carbocycles. The van der Waals surface area contributed by atoms with E-state index in [4.69, 9.17) is 20.8 Å². The number of nitrogens with zero attached hydrogens (tertiary/aromatic N) is 1. The van der Waals surface area contributed by atoms with E-state index < -0.39 is 17.8 Å². The molecule has 2 heterocycles. The predicted molar refractivity (Wildman–Crippen MR) is 109 cm³/mol. The molecule has 1 aliphatic heterocycles. The first kappa shape index (κ1) is 19.6. The van der Waals surface area contributed by atoms with Crippen molar-refractivity contribution in [1.82, 2.24) is 0 Å².